The van der Waals surface area contributed by atoms with E-state index in [1.54, 1.807) is 22.7 Å². The van der Waals surface area contributed by atoms with E-state index in [1.807, 2.05) is 6.92 Å². The van der Waals surface area contributed by atoms with Gasteiger partial charge in [-0.2, -0.15) is 0 Å². The molecule has 2 heterocycles. The van der Waals surface area contributed by atoms with Gasteiger partial charge in [-0.15, -0.1) is 22.7 Å². The van der Waals surface area contributed by atoms with Crippen LogP contribution in [0.15, 0.2) is 0 Å². The van der Waals surface area contributed by atoms with Gasteiger partial charge in [-0.3, -0.25) is 0 Å². The first-order chi connectivity index (χ1) is 5.97. The van der Waals surface area contributed by atoms with Crippen molar-refractivity contribution >= 4 is 32.3 Å². The van der Waals surface area contributed by atoms with Crippen LogP contribution in [0.1, 0.15) is 30.8 Å². The van der Waals surface area contributed by atoms with Crippen LogP contribution in [0.5, 0.6) is 0 Å². The Morgan fingerprint density at radius 2 is 1.77 bits per heavy atom. The maximum atomic E-state index is 4.52. The molecule has 0 fully saturated rings. The minimum Gasteiger partial charge on any atom is -0.221 e. The fourth-order valence-corrected chi connectivity index (χ4v) is 3.21. The summed E-state index contributed by atoms with van der Waals surface area (Å²) in [7, 11) is 0. The van der Waals surface area contributed by atoms with Crippen molar-refractivity contribution in [2.45, 2.75) is 33.1 Å². The highest BCUT2D eigenvalue weighted by molar-refractivity contribution is 7.37. The molecule has 2 rings (SSSR count). The van der Waals surface area contributed by atoms with Crippen LogP contribution in [0, 0.1) is 6.92 Å². The molecule has 0 N–H and O–H groups in total. The van der Waals surface area contributed by atoms with E-state index in [2.05, 4.69) is 30.7 Å². The fraction of sp³-hybridized carbons (Fsp3) is 0.556. The third-order valence-electron chi connectivity index (χ3n) is 1.72. The molecule has 4 heteroatoms. The summed E-state index contributed by atoms with van der Waals surface area (Å²) in [6, 6.07) is 0. The molecule has 0 spiro atoms. The first kappa shape index (κ1) is 9.09. The largest absolute Gasteiger partial charge is 0.221 e. The van der Waals surface area contributed by atoms with Crippen LogP contribution in [0.2, 0.25) is 0 Å². The van der Waals surface area contributed by atoms with E-state index < -0.39 is 0 Å². The van der Waals surface area contributed by atoms with Crippen LogP contribution in [0.4, 0.5) is 0 Å². The summed E-state index contributed by atoms with van der Waals surface area (Å²) < 4.78 is 1.25. The van der Waals surface area contributed by atoms with Crippen molar-refractivity contribution in [3.05, 3.63) is 10.0 Å². The van der Waals surface area contributed by atoms with Crippen molar-refractivity contribution in [3.8, 4) is 0 Å². The number of aromatic nitrogens is 2. The van der Waals surface area contributed by atoms with Crippen molar-refractivity contribution < 1.29 is 0 Å². The molecule has 0 bridgehead atoms. The molecule has 0 atom stereocenters. The average Bonchev–Trinajstić information content (AvgIpc) is 2.40. The molecule has 0 saturated heterocycles. The molecule has 13 heavy (non-hydrogen) atoms. The number of thiazole rings is 2. The van der Waals surface area contributed by atoms with Gasteiger partial charge in [0.1, 0.15) is 9.02 Å². The van der Waals surface area contributed by atoms with Gasteiger partial charge in [-0.05, 0) is 6.92 Å². The number of aryl methyl sites for hydroxylation is 1. The second-order valence-electron chi connectivity index (χ2n) is 4.11. The lowest BCUT2D eigenvalue weighted by molar-refractivity contribution is 0.586. The Balaban J connectivity index is 2.57. The van der Waals surface area contributed by atoms with Crippen LogP contribution in [-0.4, -0.2) is 9.97 Å². The van der Waals surface area contributed by atoms with E-state index in [0.717, 1.165) is 10.7 Å². The highest BCUT2D eigenvalue weighted by atomic mass is 32.2. The zero-order chi connectivity index (χ0) is 9.64. The van der Waals surface area contributed by atoms with Gasteiger partial charge in [0.2, 0.25) is 0 Å². The molecular weight excluding hydrogens is 200 g/mol. The minimum atomic E-state index is 0.152. The molecule has 2 nitrogen and oxygen atoms in total. The number of hydrogen-bond donors (Lipinski definition) is 0. The van der Waals surface area contributed by atoms with Gasteiger partial charge < -0.3 is 0 Å². The Morgan fingerprint density at radius 1 is 1.08 bits per heavy atom. The van der Waals surface area contributed by atoms with Crippen molar-refractivity contribution in [2.75, 3.05) is 0 Å². The number of nitrogens with zero attached hydrogens (tertiary/aromatic N) is 2. The van der Waals surface area contributed by atoms with Gasteiger partial charge in [0.25, 0.3) is 0 Å². The van der Waals surface area contributed by atoms with Crippen LogP contribution in [-0.2, 0) is 5.41 Å². The summed E-state index contributed by atoms with van der Waals surface area (Å²) >= 11 is 3.50. The Kier molecular flexibility index (Phi) is 1.92. The van der Waals surface area contributed by atoms with Crippen molar-refractivity contribution in [2.24, 2.45) is 0 Å². The van der Waals surface area contributed by atoms with Gasteiger partial charge in [0.05, 0.1) is 5.01 Å². The standard InChI is InChI=1S/C9H12N2S2/c1-5-10-6-7(12-5)13-8(11-6)9(2,3)4/h1-4H3. The van der Waals surface area contributed by atoms with Gasteiger partial charge in [-0.25, -0.2) is 9.97 Å². The molecule has 0 unspecified atom stereocenters. The molecule has 0 aliphatic carbocycles. The average molecular weight is 212 g/mol. The van der Waals surface area contributed by atoms with Gasteiger partial charge in [0.15, 0.2) is 5.65 Å². The lowest BCUT2D eigenvalue weighted by Gasteiger charge is -2.12. The van der Waals surface area contributed by atoms with Crippen molar-refractivity contribution in [1.82, 2.24) is 9.97 Å². The second-order valence-corrected chi connectivity index (χ2v) is 6.57. The quantitative estimate of drug-likeness (QED) is 0.669. The van der Waals surface area contributed by atoms with Crippen LogP contribution in [0.3, 0.4) is 0 Å². The van der Waals surface area contributed by atoms with Crippen LogP contribution >= 0.6 is 22.7 Å². The predicted octanol–water partition coefficient (Wildman–Crippen LogP) is 3.36. The molecule has 0 aliphatic rings. The molecule has 2 aromatic rings. The first-order valence-corrected chi connectivity index (χ1v) is 5.84. The summed E-state index contributed by atoms with van der Waals surface area (Å²) in [6.07, 6.45) is 0. The number of fused-ring (bicyclic) bond motifs is 1. The monoisotopic (exact) mass is 212 g/mol. The van der Waals surface area contributed by atoms with E-state index in [4.69, 9.17) is 0 Å². The Labute approximate surface area is 85.7 Å². The predicted molar refractivity (Wildman–Crippen MR) is 58.7 cm³/mol. The third-order valence-corrected chi connectivity index (χ3v) is 4.24. The Bertz CT molecular complexity index is 402. The molecule has 0 aromatic carbocycles. The highest BCUT2D eigenvalue weighted by Gasteiger charge is 2.20. The van der Waals surface area contributed by atoms with Crippen molar-refractivity contribution in [1.29, 1.82) is 0 Å². The first-order valence-electron chi connectivity index (χ1n) is 4.21. The summed E-state index contributed by atoms with van der Waals surface area (Å²) in [5, 5.41) is 2.29. The maximum absolute atomic E-state index is 4.52. The fourth-order valence-electron chi connectivity index (χ4n) is 1.06. The molecule has 0 saturated carbocycles. The van der Waals surface area contributed by atoms with E-state index in [9.17, 15) is 0 Å². The van der Waals surface area contributed by atoms with Gasteiger partial charge in [0, 0.05) is 5.41 Å². The molecule has 0 amide bonds. The highest BCUT2D eigenvalue weighted by Crippen LogP contribution is 2.33. The molecule has 0 radical (unpaired) electrons. The summed E-state index contributed by atoms with van der Waals surface area (Å²) in [6.45, 7) is 8.57. The lowest BCUT2D eigenvalue weighted by atomic mass is 9.98. The van der Waals surface area contributed by atoms with Crippen LogP contribution < -0.4 is 0 Å². The number of hydrogen-bond acceptors (Lipinski definition) is 4. The summed E-state index contributed by atoms with van der Waals surface area (Å²) in [5.74, 6) is 0. The van der Waals surface area contributed by atoms with E-state index in [-0.39, 0.29) is 5.41 Å². The van der Waals surface area contributed by atoms with Gasteiger partial charge >= 0.3 is 0 Å². The normalized spacial score (nSPS) is 12.6. The smallest absolute Gasteiger partial charge is 0.182 e. The van der Waals surface area contributed by atoms with E-state index in [0.29, 0.717) is 0 Å². The SMILES string of the molecule is Cc1nc2nc(C(C)(C)C)sc2s1. The van der Waals surface area contributed by atoms with Crippen molar-refractivity contribution in [3.63, 3.8) is 0 Å². The minimum absolute atomic E-state index is 0.152. The molecule has 2 aromatic heterocycles. The molecule has 0 aliphatic heterocycles. The zero-order valence-electron chi connectivity index (χ0n) is 8.21. The third kappa shape index (κ3) is 1.60. The number of rotatable bonds is 0. The van der Waals surface area contributed by atoms with Crippen LogP contribution in [0.25, 0.3) is 9.66 Å². The lowest BCUT2D eigenvalue weighted by Crippen LogP contribution is -2.09. The Hall–Kier alpha value is -0.480. The Morgan fingerprint density at radius 3 is 2.31 bits per heavy atom. The van der Waals surface area contributed by atoms with Gasteiger partial charge in [-0.1, -0.05) is 20.8 Å². The zero-order valence-corrected chi connectivity index (χ0v) is 9.84. The summed E-state index contributed by atoms with van der Waals surface area (Å²) in [5.41, 5.74) is 1.08. The molecule has 70 valence electrons. The summed E-state index contributed by atoms with van der Waals surface area (Å²) in [4.78, 5) is 8.89. The second kappa shape index (κ2) is 2.75. The van der Waals surface area contributed by atoms with E-state index >= 15 is 0 Å². The topological polar surface area (TPSA) is 25.8 Å². The molecular formula is C9H12N2S2. The maximum Gasteiger partial charge on any atom is 0.182 e. The van der Waals surface area contributed by atoms with E-state index in [1.165, 1.54) is 9.02 Å².